The molecular formula is C18H27N3O4S. The van der Waals surface area contributed by atoms with E-state index in [4.69, 9.17) is 4.74 Å². The number of benzene rings is 1. The number of hydrogen-bond acceptors (Lipinski definition) is 5. The minimum atomic E-state index is -3.54. The van der Waals surface area contributed by atoms with Crippen LogP contribution in [-0.4, -0.2) is 56.9 Å². The molecule has 1 aromatic carbocycles. The van der Waals surface area contributed by atoms with Gasteiger partial charge in [0.25, 0.3) is 0 Å². The number of hydrazine groups is 1. The van der Waals surface area contributed by atoms with E-state index in [2.05, 4.69) is 5.43 Å². The van der Waals surface area contributed by atoms with E-state index in [0.29, 0.717) is 25.3 Å². The molecule has 8 heteroatoms. The van der Waals surface area contributed by atoms with Crippen molar-refractivity contribution in [1.82, 2.24) is 14.7 Å². The highest BCUT2D eigenvalue weighted by molar-refractivity contribution is 7.89. The van der Waals surface area contributed by atoms with Crippen LogP contribution in [0, 0.1) is 5.92 Å². The van der Waals surface area contributed by atoms with Crippen LogP contribution < -0.4 is 10.2 Å². The van der Waals surface area contributed by atoms with E-state index in [1.165, 1.54) is 4.31 Å². The average molecular weight is 381 g/mol. The number of rotatable bonds is 6. The normalized spacial score (nSPS) is 22.3. The Morgan fingerprint density at radius 1 is 1.15 bits per heavy atom. The highest BCUT2D eigenvalue weighted by Gasteiger charge is 2.31. The Morgan fingerprint density at radius 3 is 2.50 bits per heavy atom. The molecule has 1 atom stereocenters. The number of piperidine rings is 1. The van der Waals surface area contributed by atoms with Crippen LogP contribution >= 0.6 is 0 Å². The van der Waals surface area contributed by atoms with E-state index in [1.807, 2.05) is 5.01 Å². The van der Waals surface area contributed by atoms with Gasteiger partial charge in [-0.25, -0.2) is 13.4 Å². The molecule has 2 heterocycles. The summed E-state index contributed by atoms with van der Waals surface area (Å²) >= 11 is 0. The maximum Gasteiger partial charge on any atom is 0.243 e. The maximum absolute atomic E-state index is 12.9. The van der Waals surface area contributed by atoms with Crippen molar-refractivity contribution in [1.29, 1.82) is 0 Å². The second kappa shape index (κ2) is 8.37. The van der Waals surface area contributed by atoms with Crippen LogP contribution in [0.3, 0.4) is 0 Å². The number of hydrogen-bond donors (Lipinski definition) is 1. The van der Waals surface area contributed by atoms with Gasteiger partial charge in [-0.2, -0.15) is 4.31 Å². The molecule has 144 valence electrons. The lowest BCUT2D eigenvalue weighted by Crippen LogP contribution is -2.44. The number of sulfonamides is 1. The molecule has 0 aliphatic carbocycles. The topological polar surface area (TPSA) is 79.0 Å². The molecule has 2 fully saturated rings. The Balaban J connectivity index is 1.60. The average Bonchev–Trinajstić information content (AvgIpc) is 3.14. The van der Waals surface area contributed by atoms with Crippen molar-refractivity contribution in [3.63, 3.8) is 0 Å². The van der Waals surface area contributed by atoms with Crippen LogP contribution in [0.25, 0.3) is 0 Å². The van der Waals surface area contributed by atoms with Crippen molar-refractivity contribution in [3.05, 3.63) is 24.3 Å². The van der Waals surface area contributed by atoms with E-state index < -0.39 is 10.0 Å². The SMILES string of the molecule is COc1ccc(S(=O)(=O)N2CCCC(CC(=O)NN3CCCC3)C2)cc1. The molecule has 0 saturated carbocycles. The number of carbonyl (C=O) groups excluding carboxylic acids is 1. The molecule has 0 aromatic heterocycles. The monoisotopic (exact) mass is 381 g/mol. The summed E-state index contributed by atoms with van der Waals surface area (Å²) in [6.07, 6.45) is 4.24. The first-order chi connectivity index (χ1) is 12.5. The summed E-state index contributed by atoms with van der Waals surface area (Å²) in [4.78, 5) is 12.5. The zero-order chi connectivity index (χ0) is 18.6. The van der Waals surface area contributed by atoms with E-state index in [1.54, 1.807) is 31.4 Å². The lowest BCUT2D eigenvalue weighted by atomic mass is 9.96. The maximum atomic E-state index is 12.9. The third kappa shape index (κ3) is 4.55. The largest absolute Gasteiger partial charge is 0.497 e. The molecule has 2 aliphatic rings. The summed E-state index contributed by atoms with van der Waals surface area (Å²) in [5, 5.41) is 1.96. The van der Waals surface area contributed by atoms with Gasteiger partial charge in [-0.3, -0.25) is 10.2 Å². The van der Waals surface area contributed by atoms with Gasteiger partial charge in [0.15, 0.2) is 0 Å². The Labute approximate surface area is 155 Å². The van der Waals surface area contributed by atoms with Gasteiger partial charge >= 0.3 is 0 Å². The summed E-state index contributed by atoms with van der Waals surface area (Å²) < 4.78 is 32.3. The van der Waals surface area contributed by atoms with E-state index in [9.17, 15) is 13.2 Å². The smallest absolute Gasteiger partial charge is 0.243 e. The van der Waals surface area contributed by atoms with Gasteiger partial charge in [0, 0.05) is 32.6 Å². The predicted octanol–water partition coefficient (Wildman–Crippen LogP) is 1.61. The molecular weight excluding hydrogens is 354 g/mol. The van der Waals surface area contributed by atoms with Crippen LogP contribution in [0.15, 0.2) is 29.2 Å². The quantitative estimate of drug-likeness (QED) is 0.810. The summed E-state index contributed by atoms with van der Waals surface area (Å²) in [6, 6.07) is 6.44. The highest BCUT2D eigenvalue weighted by atomic mass is 32.2. The minimum Gasteiger partial charge on any atom is -0.497 e. The van der Waals surface area contributed by atoms with Gasteiger partial charge in [0.2, 0.25) is 15.9 Å². The Kier molecular flexibility index (Phi) is 6.16. The minimum absolute atomic E-state index is 0.0133. The van der Waals surface area contributed by atoms with Crippen molar-refractivity contribution in [3.8, 4) is 5.75 Å². The van der Waals surface area contributed by atoms with Crippen LogP contribution in [0.2, 0.25) is 0 Å². The van der Waals surface area contributed by atoms with Gasteiger partial charge in [-0.1, -0.05) is 0 Å². The molecule has 0 bridgehead atoms. The fourth-order valence-electron chi connectivity index (χ4n) is 3.62. The number of amides is 1. The lowest BCUT2D eigenvalue weighted by molar-refractivity contribution is -0.126. The predicted molar refractivity (Wildman–Crippen MR) is 98.0 cm³/mol. The molecule has 2 saturated heterocycles. The Hall–Kier alpha value is -1.64. The molecule has 0 spiro atoms. The summed E-state index contributed by atoms with van der Waals surface area (Å²) in [7, 11) is -1.99. The first kappa shape index (κ1) is 19.1. The standard InChI is InChI=1S/C18H27N3O4S/c1-25-16-6-8-17(9-7-16)26(23,24)21-12-4-5-15(14-21)13-18(22)19-20-10-2-3-11-20/h6-9,15H,2-5,10-14H2,1H3,(H,19,22). The third-order valence-corrected chi connectivity index (χ3v) is 6.92. The molecule has 26 heavy (non-hydrogen) atoms. The number of nitrogens with zero attached hydrogens (tertiary/aromatic N) is 2. The molecule has 0 radical (unpaired) electrons. The zero-order valence-corrected chi connectivity index (χ0v) is 16.0. The van der Waals surface area contributed by atoms with Gasteiger partial charge < -0.3 is 4.74 Å². The highest BCUT2D eigenvalue weighted by Crippen LogP contribution is 2.26. The lowest BCUT2D eigenvalue weighted by Gasteiger charge is -2.32. The zero-order valence-electron chi connectivity index (χ0n) is 15.2. The van der Waals surface area contributed by atoms with Gasteiger partial charge in [0.05, 0.1) is 12.0 Å². The summed E-state index contributed by atoms with van der Waals surface area (Å²) in [6.45, 7) is 2.68. The summed E-state index contributed by atoms with van der Waals surface area (Å²) in [5.41, 5.74) is 2.94. The second-order valence-corrected chi connectivity index (χ2v) is 8.92. The molecule has 1 N–H and O–H groups in total. The van der Waals surface area contributed by atoms with Crippen molar-refractivity contribution in [2.45, 2.75) is 37.0 Å². The molecule has 1 unspecified atom stereocenters. The molecule has 1 aromatic rings. The number of ether oxygens (including phenoxy) is 1. The number of nitrogens with one attached hydrogen (secondary N) is 1. The van der Waals surface area contributed by atoms with Crippen LogP contribution in [0.1, 0.15) is 32.1 Å². The number of carbonyl (C=O) groups is 1. The fourth-order valence-corrected chi connectivity index (χ4v) is 5.18. The van der Waals surface area contributed by atoms with Gasteiger partial charge in [-0.15, -0.1) is 0 Å². The van der Waals surface area contributed by atoms with Crippen molar-refractivity contribution < 1.29 is 17.9 Å². The molecule has 7 nitrogen and oxygen atoms in total. The molecule has 3 rings (SSSR count). The van der Waals surface area contributed by atoms with Crippen molar-refractivity contribution in [2.24, 2.45) is 5.92 Å². The van der Waals surface area contributed by atoms with Crippen molar-refractivity contribution >= 4 is 15.9 Å². The van der Waals surface area contributed by atoms with Gasteiger partial charge in [0.1, 0.15) is 5.75 Å². The van der Waals surface area contributed by atoms with Crippen molar-refractivity contribution in [2.75, 3.05) is 33.3 Å². The summed E-state index contributed by atoms with van der Waals surface area (Å²) in [5.74, 6) is 0.666. The molecule has 1 amide bonds. The Bertz CT molecular complexity index is 714. The van der Waals surface area contributed by atoms with Crippen LogP contribution in [-0.2, 0) is 14.8 Å². The van der Waals surface area contributed by atoms with Crippen LogP contribution in [0.4, 0.5) is 0 Å². The van der Waals surface area contributed by atoms with E-state index >= 15 is 0 Å². The fraction of sp³-hybridized carbons (Fsp3) is 0.611. The number of methoxy groups -OCH3 is 1. The van der Waals surface area contributed by atoms with E-state index in [-0.39, 0.29) is 16.7 Å². The third-order valence-electron chi connectivity index (χ3n) is 5.04. The van der Waals surface area contributed by atoms with Crippen LogP contribution in [0.5, 0.6) is 5.75 Å². The first-order valence-electron chi connectivity index (χ1n) is 9.17. The van der Waals surface area contributed by atoms with Gasteiger partial charge in [-0.05, 0) is 55.9 Å². The van der Waals surface area contributed by atoms with E-state index in [0.717, 1.165) is 38.8 Å². The molecule has 2 aliphatic heterocycles. The first-order valence-corrected chi connectivity index (χ1v) is 10.6. The Morgan fingerprint density at radius 2 is 1.85 bits per heavy atom. The second-order valence-electron chi connectivity index (χ2n) is 6.98.